The molecule has 0 spiro atoms. The third-order valence-electron chi connectivity index (χ3n) is 2.62. The van der Waals surface area contributed by atoms with Gasteiger partial charge in [0.05, 0.1) is 12.4 Å². The summed E-state index contributed by atoms with van der Waals surface area (Å²) in [6.45, 7) is 0. The van der Waals surface area contributed by atoms with Gasteiger partial charge in [0.15, 0.2) is 0 Å². The average molecular weight is 238 g/mol. The van der Waals surface area contributed by atoms with E-state index >= 15 is 0 Å². The van der Waals surface area contributed by atoms with E-state index in [0.29, 0.717) is 17.7 Å². The van der Waals surface area contributed by atoms with Gasteiger partial charge in [0, 0.05) is 10.9 Å². The van der Waals surface area contributed by atoms with Crippen LogP contribution >= 0.6 is 12.6 Å². The zero-order chi connectivity index (χ0) is 11.5. The van der Waals surface area contributed by atoms with Gasteiger partial charge in [-0.15, -0.1) is 0 Å². The Balaban J connectivity index is 2.32. The molecule has 0 bridgehead atoms. The predicted octanol–water partition coefficient (Wildman–Crippen LogP) is 2.15. The topological polar surface area (TPSA) is 53.6 Å². The van der Waals surface area contributed by atoms with Crippen molar-refractivity contribution in [2.24, 2.45) is 0 Å². The molecule has 1 aromatic carbocycles. The van der Waals surface area contributed by atoms with Crippen molar-refractivity contribution in [1.29, 1.82) is 0 Å². The van der Waals surface area contributed by atoms with Crippen molar-refractivity contribution in [2.45, 2.75) is 18.6 Å². The molecule has 16 heavy (non-hydrogen) atoms. The summed E-state index contributed by atoms with van der Waals surface area (Å²) < 4.78 is 5.31. The number of benzene rings is 1. The summed E-state index contributed by atoms with van der Waals surface area (Å²) in [5.41, 5.74) is 1.35. The fraction of sp³-hybridized carbons (Fsp3) is 0.333. The lowest BCUT2D eigenvalue weighted by molar-refractivity contribution is 0.0176. The number of rotatable bonds is 4. The summed E-state index contributed by atoms with van der Waals surface area (Å²) in [6, 6.07) is 7.44. The van der Waals surface area contributed by atoms with E-state index in [-0.39, 0.29) is 0 Å². The van der Waals surface area contributed by atoms with E-state index in [2.05, 4.69) is 12.6 Å². The molecule has 0 aliphatic heterocycles. The highest BCUT2D eigenvalue weighted by Gasteiger charge is 2.21. The molecule has 4 heteroatoms. The van der Waals surface area contributed by atoms with Crippen molar-refractivity contribution >= 4 is 23.6 Å². The second-order valence-electron chi connectivity index (χ2n) is 3.71. The van der Waals surface area contributed by atoms with Crippen LogP contribution in [0.15, 0.2) is 34.9 Å². The first-order chi connectivity index (χ1) is 7.74. The third kappa shape index (κ3) is 2.09. The molecule has 1 heterocycles. The Bertz CT molecular complexity index is 466. The molecule has 2 rings (SSSR count). The van der Waals surface area contributed by atoms with Gasteiger partial charge in [0.2, 0.25) is 0 Å². The molecule has 0 aliphatic carbocycles. The predicted molar refractivity (Wildman–Crippen MR) is 65.7 cm³/mol. The van der Waals surface area contributed by atoms with Gasteiger partial charge in [-0.1, -0.05) is 18.2 Å². The molecule has 2 N–H and O–H groups in total. The minimum Gasteiger partial charge on any atom is -0.464 e. The lowest BCUT2D eigenvalue weighted by Gasteiger charge is -2.15. The average Bonchev–Trinajstić information content (AvgIpc) is 2.72. The van der Waals surface area contributed by atoms with Crippen LogP contribution in [0.2, 0.25) is 0 Å². The van der Waals surface area contributed by atoms with Crippen molar-refractivity contribution in [3.63, 3.8) is 0 Å². The van der Waals surface area contributed by atoms with Crippen LogP contribution in [0.4, 0.5) is 0 Å². The number of para-hydroxylation sites is 1. The van der Waals surface area contributed by atoms with E-state index in [0.717, 1.165) is 11.0 Å². The van der Waals surface area contributed by atoms with E-state index in [1.807, 2.05) is 24.3 Å². The van der Waals surface area contributed by atoms with Crippen LogP contribution < -0.4 is 0 Å². The zero-order valence-corrected chi connectivity index (χ0v) is 9.60. The first-order valence-corrected chi connectivity index (χ1v) is 5.80. The maximum atomic E-state index is 9.96. The zero-order valence-electron chi connectivity index (χ0n) is 8.71. The van der Waals surface area contributed by atoms with Crippen LogP contribution in [0, 0.1) is 0 Å². The molecule has 3 nitrogen and oxygen atoms in total. The van der Waals surface area contributed by atoms with Gasteiger partial charge in [-0.05, 0) is 18.2 Å². The van der Waals surface area contributed by atoms with Gasteiger partial charge in [-0.3, -0.25) is 0 Å². The van der Waals surface area contributed by atoms with Gasteiger partial charge >= 0.3 is 0 Å². The lowest BCUT2D eigenvalue weighted by Crippen LogP contribution is -2.18. The van der Waals surface area contributed by atoms with Gasteiger partial charge < -0.3 is 14.6 Å². The summed E-state index contributed by atoms with van der Waals surface area (Å²) in [6.07, 6.45) is 0.218. The van der Waals surface area contributed by atoms with Gasteiger partial charge in [0.1, 0.15) is 11.7 Å². The summed E-state index contributed by atoms with van der Waals surface area (Å²) in [5.74, 6) is 0.536. The Morgan fingerprint density at radius 1 is 1.25 bits per heavy atom. The Hall–Kier alpha value is -0.970. The van der Waals surface area contributed by atoms with E-state index < -0.39 is 12.2 Å². The third-order valence-corrected chi connectivity index (χ3v) is 2.88. The number of hydrogen-bond acceptors (Lipinski definition) is 4. The fourth-order valence-corrected chi connectivity index (χ4v) is 1.99. The molecular formula is C12H14O3S. The number of fused-ring (bicyclic) bond motifs is 1. The SMILES string of the molecule is OC(CCS)C(O)c1coc2ccccc12. The number of aliphatic hydroxyl groups is 2. The van der Waals surface area contributed by atoms with Crippen LogP contribution in [0.1, 0.15) is 18.1 Å². The number of hydrogen-bond donors (Lipinski definition) is 3. The largest absolute Gasteiger partial charge is 0.464 e. The smallest absolute Gasteiger partial charge is 0.134 e. The highest BCUT2D eigenvalue weighted by molar-refractivity contribution is 7.80. The number of aliphatic hydroxyl groups excluding tert-OH is 2. The maximum Gasteiger partial charge on any atom is 0.134 e. The first kappa shape index (κ1) is 11.5. The molecule has 0 amide bonds. The number of furan rings is 1. The van der Waals surface area contributed by atoms with E-state index in [9.17, 15) is 10.2 Å². The van der Waals surface area contributed by atoms with Gasteiger partial charge in [-0.25, -0.2) is 0 Å². The maximum absolute atomic E-state index is 9.96. The Morgan fingerprint density at radius 2 is 2.00 bits per heavy atom. The summed E-state index contributed by atoms with van der Waals surface area (Å²) in [7, 11) is 0. The Labute approximate surface area is 99.1 Å². The summed E-state index contributed by atoms with van der Waals surface area (Å²) >= 11 is 4.03. The van der Waals surface area contributed by atoms with Crippen molar-refractivity contribution in [2.75, 3.05) is 5.75 Å². The molecule has 0 radical (unpaired) electrons. The summed E-state index contributed by atoms with van der Waals surface area (Å²) in [4.78, 5) is 0. The molecule has 0 saturated heterocycles. The highest BCUT2D eigenvalue weighted by Crippen LogP contribution is 2.28. The molecule has 0 aliphatic rings. The Morgan fingerprint density at radius 3 is 2.75 bits per heavy atom. The lowest BCUT2D eigenvalue weighted by atomic mass is 10.0. The van der Waals surface area contributed by atoms with Crippen LogP contribution in [-0.2, 0) is 0 Å². The first-order valence-electron chi connectivity index (χ1n) is 5.17. The van der Waals surface area contributed by atoms with Crippen LogP contribution in [-0.4, -0.2) is 22.1 Å². The molecule has 2 unspecified atom stereocenters. The van der Waals surface area contributed by atoms with Crippen molar-refractivity contribution in [3.8, 4) is 0 Å². The molecular weight excluding hydrogens is 224 g/mol. The molecule has 2 atom stereocenters. The minimum absolute atomic E-state index is 0.448. The number of thiol groups is 1. The normalized spacial score (nSPS) is 15.2. The van der Waals surface area contributed by atoms with Crippen LogP contribution in [0.25, 0.3) is 11.0 Å². The van der Waals surface area contributed by atoms with E-state index in [4.69, 9.17) is 4.42 Å². The quantitative estimate of drug-likeness (QED) is 0.715. The second kappa shape index (κ2) is 4.91. The van der Waals surface area contributed by atoms with Crippen molar-refractivity contribution < 1.29 is 14.6 Å². The molecule has 0 fully saturated rings. The van der Waals surface area contributed by atoms with E-state index in [1.54, 1.807) is 0 Å². The van der Waals surface area contributed by atoms with Gasteiger partial charge in [0.25, 0.3) is 0 Å². The minimum atomic E-state index is -0.921. The molecule has 1 aromatic heterocycles. The second-order valence-corrected chi connectivity index (χ2v) is 4.16. The van der Waals surface area contributed by atoms with Crippen LogP contribution in [0.3, 0.4) is 0 Å². The fourth-order valence-electron chi connectivity index (χ4n) is 1.72. The Kier molecular flexibility index (Phi) is 3.53. The van der Waals surface area contributed by atoms with Crippen molar-refractivity contribution in [3.05, 3.63) is 36.1 Å². The standard InChI is InChI=1S/C12H14O3S/c13-10(5-6-16)12(14)9-7-15-11-4-2-1-3-8(9)11/h1-4,7,10,12-14,16H,5-6H2. The van der Waals surface area contributed by atoms with Gasteiger partial charge in [-0.2, -0.15) is 12.6 Å². The monoisotopic (exact) mass is 238 g/mol. The molecule has 0 saturated carbocycles. The van der Waals surface area contributed by atoms with E-state index in [1.165, 1.54) is 6.26 Å². The summed E-state index contributed by atoms with van der Waals surface area (Å²) in [5, 5.41) is 20.5. The molecule has 2 aromatic rings. The highest BCUT2D eigenvalue weighted by atomic mass is 32.1. The van der Waals surface area contributed by atoms with Crippen molar-refractivity contribution in [1.82, 2.24) is 0 Å². The molecule has 86 valence electrons. The van der Waals surface area contributed by atoms with Crippen LogP contribution in [0.5, 0.6) is 0 Å².